The van der Waals surface area contributed by atoms with Gasteiger partial charge in [0, 0.05) is 16.5 Å². The van der Waals surface area contributed by atoms with Gasteiger partial charge < -0.3 is 4.98 Å². The lowest BCUT2D eigenvalue weighted by Crippen LogP contribution is -2.01. The van der Waals surface area contributed by atoms with Gasteiger partial charge in [-0.05, 0) is 19.1 Å². The highest BCUT2D eigenvalue weighted by molar-refractivity contribution is 6.10. The third-order valence-electron chi connectivity index (χ3n) is 3.09. The minimum absolute atomic E-state index is 0.0335. The number of benzene rings is 2. The minimum Gasteiger partial charge on any atom is -0.352 e. The maximum absolute atomic E-state index is 12.3. The summed E-state index contributed by atoms with van der Waals surface area (Å²) in [6.07, 6.45) is 0. The molecule has 0 saturated heterocycles. The summed E-state index contributed by atoms with van der Waals surface area (Å²) in [4.78, 5) is 15.5. The average molecular weight is 235 g/mol. The summed E-state index contributed by atoms with van der Waals surface area (Å²) < 4.78 is 0. The Balaban J connectivity index is 2.03. The van der Waals surface area contributed by atoms with Crippen LogP contribution >= 0.6 is 0 Å². The van der Waals surface area contributed by atoms with E-state index in [1.54, 1.807) is 0 Å². The van der Waals surface area contributed by atoms with Gasteiger partial charge in [-0.2, -0.15) is 0 Å². The van der Waals surface area contributed by atoms with E-state index in [1.807, 2.05) is 61.5 Å². The smallest absolute Gasteiger partial charge is 0.209 e. The molecule has 88 valence electrons. The Labute approximate surface area is 105 Å². The quantitative estimate of drug-likeness (QED) is 0.675. The molecule has 18 heavy (non-hydrogen) atoms. The number of carbonyl (C=O) groups is 1. The zero-order valence-electron chi connectivity index (χ0n) is 10.1. The molecule has 0 atom stereocenters. The maximum atomic E-state index is 12.3. The first-order chi connectivity index (χ1) is 8.74. The van der Waals surface area contributed by atoms with E-state index in [0.717, 1.165) is 16.5 Å². The van der Waals surface area contributed by atoms with Gasteiger partial charge >= 0.3 is 0 Å². The van der Waals surface area contributed by atoms with Crippen LogP contribution in [0.3, 0.4) is 0 Å². The van der Waals surface area contributed by atoms with Crippen molar-refractivity contribution in [1.82, 2.24) is 4.98 Å². The van der Waals surface area contributed by atoms with Gasteiger partial charge in [-0.25, -0.2) is 0 Å². The fourth-order valence-electron chi connectivity index (χ4n) is 2.06. The average Bonchev–Trinajstić information content (AvgIpc) is 2.82. The highest BCUT2D eigenvalue weighted by Gasteiger charge is 2.11. The van der Waals surface area contributed by atoms with Crippen molar-refractivity contribution in [2.45, 2.75) is 6.92 Å². The molecule has 1 aromatic heterocycles. The van der Waals surface area contributed by atoms with Crippen molar-refractivity contribution in [3.05, 3.63) is 71.4 Å². The van der Waals surface area contributed by atoms with E-state index in [4.69, 9.17) is 0 Å². The first-order valence-electron chi connectivity index (χ1n) is 5.93. The van der Waals surface area contributed by atoms with Crippen LogP contribution in [-0.2, 0) is 0 Å². The molecule has 3 aromatic rings. The highest BCUT2D eigenvalue weighted by Crippen LogP contribution is 2.17. The molecule has 2 nitrogen and oxygen atoms in total. The molecule has 0 saturated carbocycles. The lowest BCUT2D eigenvalue weighted by atomic mass is 10.1. The van der Waals surface area contributed by atoms with Crippen molar-refractivity contribution in [3.63, 3.8) is 0 Å². The van der Waals surface area contributed by atoms with E-state index in [2.05, 4.69) is 4.98 Å². The molecule has 1 N–H and O–H groups in total. The van der Waals surface area contributed by atoms with Gasteiger partial charge in [0.15, 0.2) is 0 Å². The number of para-hydroxylation sites is 1. The molecule has 0 radical (unpaired) electrons. The summed E-state index contributed by atoms with van der Waals surface area (Å²) in [7, 11) is 0. The molecule has 0 amide bonds. The van der Waals surface area contributed by atoms with Gasteiger partial charge in [0.25, 0.3) is 0 Å². The summed E-state index contributed by atoms with van der Waals surface area (Å²) >= 11 is 0. The number of hydrogen-bond acceptors (Lipinski definition) is 1. The fourth-order valence-corrected chi connectivity index (χ4v) is 2.06. The minimum atomic E-state index is 0.0335. The van der Waals surface area contributed by atoms with Gasteiger partial charge in [-0.15, -0.1) is 0 Å². The molecule has 3 rings (SSSR count). The van der Waals surface area contributed by atoms with Gasteiger partial charge in [-0.1, -0.05) is 48.0 Å². The molecule has 1 heterocycles. The number of H-pyrrole nitrogens is 1. The Bertz CT molecular complexity index is 674. The molecule has 0 aliphatic carbocycles. The topological polar surface area (TPSA) is 32.9 Å². The van der Waals surface area contributed by atoms with E-state index in [0.29, 0.717) is 11.3 Å². The maximum Gasteiger partial charge on any atom is 0.209 e. The third kappa shape index (κ3) is 1.82. The Morgan fingerprint density at radius 2 is 1.72 bits per heavy atom. The number of hydrogen-bond donors (Lipinski definition) is 1. The van der Waals surface area contributed by atoms with E-state index < -0.39 is 0 Å². The molecule has 0 unspecified atom stereocenters. The second-order valence-corrected chi connectivity index (χ2v) is 4.47. The number of nitrogens with one attached hydrogen (secondary N) is 1. The van der Waals surface area contributed by atoms with Crippen molar-refractivity contribution in [2.75, 3.05) is 0 Å². The Hall–Kier alpha value is -2.35. The van der Waals surface area contributed by atoms with E-state index in [9.17, 15) is 4.79 Å². The summed E-state index contributed by atoms with van der Waals surface area (Å²) in [6.45, 7) is 2.01. The standard InChI is InChI=1S/C16H13NO/c1-11-6-8-12(9-7-11)16(18)15-10-13-4-2-3-5-14(13)17-15/h2-10,17H,1H3. The molecule has 0 fully saturated rings. The van der Waals surface area contributed by atoms with E-state index >= 15 is 0 Å². The van der Waals surface area contributed by atoms with Crippen LogP contribution in [0.4, 0.5) is 0 Å². The number of rotatable bonds is 2. The number of ketones is 1. The fraction of sp³-hybridized carbons (Fsp3) is 0.0625. The zero-order valence-corrected chi connectivity index (χ0v) is 10.1. The predicted octanol–water partition coefficient (Wildman–Crippen LogP) is 3.71. The molecular weight excluding hydrogens is 222 g/mol. The van der Waals surface area contributed by atoms with Gasteiger partial charge in [-0.3, -0.25) is 4.79 Å². The van der Waals surface area contributed by atoms with E-state index in [1.165, 1.54) is 0 Å². The van der Waals surface area contributed by atoms with Crippen LogP contribution in [0.25, 0.3) is 10.9 Å². The van der Waals surface area contributed by atoms with Crippen LogP contribution in [0.2, 0.25) is 0 Å². The summed E-state index contributed by atoms with van der Waals surface area (Å²) in [5.74, 6) is 0.0335. The normalized spacial score (nSPS) is 10.7. The molecule has 0 aliphatic rings. The summed E-state index contributed by atoms with van der Waals surface area (Å²) in [5.41, 5.74) is 3.50. The van der Waals surface area contributed by atoms with Crippen LogP contribution in [0.15, 0.2) is 54.6 Å². The number of aryl methyl sites for hydroxylation is 1. The van der Waals surface area contributed by atoms with Crippen molar-refractivity contribution < 1.29 is 4.79 Å². The molecule has 0 aliphatic heterocycles. The SMILES string of the molecule is Cc1ccc(C(=O)c2cc3ccccc3[nH]2)cc1. The molecule has 2 heteroatoms. The first-order valence-corrected chi connectivity index (χ1v) is 5.93. The third-order valence-corrected chi connectivity index (χ3v) is 3.09. The molecular formula is C16H13NO. The second kappa shape index (κ2) is 4.15. The van der Waals surface area contributed by atoms with Crippen LogP contribution in [0.1, 0.15) is 21.6 Å². The lowest BCUT2D eigenvalue weighted by molar-refractivity contribution is 0.103. The molecule has 0 bridgehead atoms. The van der Waals surface area contributed by atoms with Crippen molar-refractivity contribution in [2.24, 2.45) is 0 Å². The number of carbonyl (C=O) groups excluding carboxylic acids is 1. The van der Waals surface area contributed by atoms with E-state index in [-0.39, 0.29) is 5.78 Å². The Kier molecular flexibility index (Phi) is 2.49. The Morgan fingerprint density at radius 3 is 2.44 bits per heavy atom. The van der Waals surface area contributed by atoms with Gasteiger partial charge in [0.2, 0.25) is 5.78 Å². The summed E-state index contributed by atoms with van der Waals surface area (Å²) in [5, 5.41) is 1.06. The second-order valence-electron chi connectivity index (χ2n) is 4.47. The monoisotopic (exact) mass is 235 g/mol. The van der Waals surface area contributed by atoms with Crippen LogP contribution < -0.4 is 0 Å². The largest absolute Gasteiger partial charge is 0.352 e. The van der Waals surface area contributed by atoms with Gasteiger partial charge in [0.05, 0.1) is 5.69 Å². The number of fused-ring (bicyclic) bond motifs is 1. The number of aromatic nitrogens is 1. The highest BCUT2D eigenvalue weighted by atomic mass is 16.1. The molecule has 0 spiro atoms. The first kappa shape index (κ1) is 10.8. The number of aromatic amines is 1. The van der Waals surface area contributed by atoms with Crippen molar-refractivity contribution in [1.29, 1.82) is 0 Å². The lowest BCUT2D eigenvalue weighted by Gasteiger charge is -1.98. The van der Waals surface area contributed by atoms with Crippen molar-refractivity contribution >= 4 is 16.7 Å². The summed E-state index contributed by atoms with van der Waals surface area (Å²) in [6, 6.07) is 17.4. The van der Waals surface area contributed by atoms with Crippen LogP contribution in [-0.4, -0.2) is 10.8 Å². The molecule has 2 aromatic carbocycles. The zero-order chi connectivity index (χ0) is 12.5. The van der Waals surface area contributed by atoms with Crippen LogP contribution in [0, 0.1) is 6.92 Å². The van der Waals surface area contributed by atoms with Crippen molar-refractivity contribution in [3.8, 4) is 0 Å². The van der Waals surface area contributed by atoms with Gasteiger partial charge in [0.1, 0.15) is 0 Å². The predicted molar refractivity (Wildman–Crippen MR) is 72.9 cm³/mol. The Morgan fingerprint density at radius 1 is 1.00 bits per heavy atom. The van der Waals surface area contributed by atoms with Crippen LogP contribution in [0.5, 0.6) is 0 Å².